The largest absolute Gasteiger partial charge is 0.454 e. The van der Waals surface area contributed by atoms with Crippen molar-refractivity contribution in [3.05, 3.63) is 59.4 Å². The summed E-state index contributed by atoms with van der Waals surface area (Å²) in [5, 5.41) is 3.79. The summed E-state index contributed by atoms with van der Waals surface area (Å²) in [6.45, 7) is 9.50. The minimum absolute atomic E-state index is 0.212. The van der Waals surface area contributed by atoms with Crippen LogP contribution < -0.4 is 0 Å². The molecule has 0 amide bonds. The van der Waals surface area contributed by atoms with Crippen LogP contribution in [0.5, 0.6) is 0 Å². The van der Waals surface area contributed by atoms with Gasteiger partial charge >= 0.3 is 11.9 Å². The Kier molecular flexibility index (Phi) is 5.50. The molecule has 0 fully saturated rings. The third-order valence-corrected chi connectivity index (χ3v) is 4.95. The highest BCUT2D eigenvalue weighted by Gasteiger charge is 2.25. The van der Waals surface area contributed by atoms with E-state index in [4.69, 9.17) is 9.26 Å². The van der Waals surface area contributed by atoms with Crippen molar-refractivity contribution in [1.29, 1.82) is 0 Å². The Hall–Kier alpha value is -3.62. The normalized spacial score (nSPS) is 12.0. The number of halogens is 1. The molecule has 0 radical (unpaired) electrons. The number of carbonyl (C=O) groups is 1. The molecule has 0 saturated heterocycles. The van der Waals surface area contributed by atoms with Crippen LogP contribution >= 0.6 is 0 Å². The summed E-state index contributed by atoms with van der Waals surface area (Å²) < 4.78 is 24.9. The number of imidazole rings is 1. The number of nitrogens with zero attached hydrogens (tertiary/aromatic N) is 4. The number of carbonyl (C=O) groups excluding carboxylic acids is 1. The van der Waals surface area contributed by atoms with Gasteiger partial charge in [-0.2, -0.15) is 4.98 Å². The van der Waals surface area contributed by atoms with Crippen LogP contribution in [0.4, 0.5) is 4.39 Å². The molecular weight excluding hydrogens is 413 g/mol. The predicted molar refractivity (Wildman–Crippen MR) is 115 cm³/mol. The minimum Gasteiger partial charge on any atom is -0.454 e. The van der Waals surface area contributed by atoms with E-state index in [0.29, 0.717) is 17.0 Å². The Morgan fingerprint density at radius 1 is 1.22 bits per heavy atom. The van der Waals surface area contributed by atoms with E-state index in [1.807, 2.05) is 40.7 Å². The lowest BCUT2D eigenvalue weighted by Crippen LogP contribution is -2.14. The highest BCUT2D eigenvalue weighted by molar-refractivity contribution is 5.89. The summed E-state index contributed by atoms with van der Waals surface area (Å²) >= 11 is 0. The van der Waals surface area contributed by atoms with E-state index in [9.17, 15) is 9.18 Å². The monoisotopic (exact) mass is 437 g/mol. The maximum Gasteiger partial charge on any atom is 0.397 e. The van der Waals surface area contributed by atoms with E-state index in [2.05, 4.69) is 25.1 Å². The smallest absolute Gasteiger partial charge is 0.397 e. The first-order chi connectivity index (χ1) is 15.1. The SMILES string of the molecule is CC(C)c1nc2nccc(-c3ccc(COC(=O)c4nc(C(C)(C)C)no4)c(F)c3)c2[nH]1. The predicted octanol–water partition coefficient (Wildman–Crippen LogP) is 4.92. The van der Waals surface area contributed by atoms with E-state index in [1.54, 1.807) is 18.3 Å². The molecule has 4 aromatic rings. The topological polar surface area (TPSA) is 107 Å². The number of esters is 1. The van der Waals surface area contributed by atoms with Crippen molar-refractivity contribution in [2.75, 3.05) is 0 Å². The van der Waals surface area contributed by atoms with Gasteiger partial charge in [-0.05, 0) is 17.7 Å². The molecule has 8 nitrogen and oxygen atoms in total. The number of aromatic amines is 1. The number of aromatic nitrogens is 5. The lowest BCUT2D eigenvalue weighted by Gasteiger charge is -2.10. The van der Waals surface area contributed by atoms with Crippen LogP contribution in [-0.2, 0) is 16.8 Å². The second-order valence-electron chi connectivity index (χ2n) is 8.89. The molecule has 32 heavy (non-hydrogen) atoms. The van der Waals surface area contributed by atoms with Crippen molar-refractivity contribution in [3.63, 3.8) is 0 Å². The summed E-state index contributed by atoms with van der Waals surface area (Å²) in [6.07, 6.45) is 1.65. The Morgan fingerprint density at radius 2 is 2.00 bits per heavy atom. The number of rotatable bonds is 5. The summed E-state index contributed by atoms with van der Waals surface area (Å²) in [6, 6.07) is 6.55. The Balaban J connectivity index is 1.52. The highest BCUT2D eigenvalue weighted by atomic mass is 19.1. The second-order valence-corrected chi connectivity index (χ2v) is 8.89. The van der Waals surface area contributed by atoms with Gasteiger partial charge in [0.25, 0.3) is 0 Å². The molecule has 0 saturated carbocycles. The van der Waals surface area contributed by atoms with Gasteiger partial charge in [0.05, 0.1) is 5.52 Å². The number of benzene rings is 1. The van der Waals surface area contributed by atoms with Gasteiger partial charge in [-0.25, -0.2) is 19.2 Å². The number of ether oxygens (including phenoxy) is 1. The Morgan fingerprint density at radius 3 is 2.66 bits per heavy atom. The molecule has 0 bridgehead atoms. The van der Waals surface area contributed by atoms with E-state index >= 15 is 0 Å². The molecule has 1 N–H and O–H groups in total. The van der Waals surface area contributed by atoms with Gasteiger partial charge in [0, 0.05) is 28.7 Å². The summed E-state index contributed by atoms with van der Waals surface area (Å²) in [5.41, 5.74) is 2.65. The fourth-order valence-electron chi connectivity index (χ4n) is 3.09. The van der Waals surface area contributed by atoms with E-state index in [0.717, 1.165) is 16.9 Å². The molecule has 1 aromatic carbocycles. The number of fused-ring (bicyclic) bond motifs is 1. The van der Waals surface area contributed by atoms with Gasteiger partial charge in [0.1, 0.15) is 18.2 Å². The molecule has 0 aliphatic heterocycles. The van der Waals surface area contributed by atoms with Crippen LogP contribution in [0.25, 0.3) is 22.3 Å². The first kappa shape index (κ1) is 21.6. The molecule has 4 rings (SSSR count). The number of H-pyrrole nitrogens is 1. The molecular formula is C23H24FN5O3. The Bertz CT molecular complexity index is 1290. The fourth-order valence-corrected chi connectivity index (χ4v) is 3.09. The van der Waals surface area contributed by atoms with Crippen molar-refractivity contribution in [3.8, 4) is 11.1 Å². The van der Waals surface area contributed by atoms with Crippen molar-refractivity contribution in [2.24, 2.45) is 0 Å². The molecule has 0 unspecified atom stereocenters. The van der Waals surface area contributed by atoms with Gasteiger partial charge in [0.2, 0.25) is 0 Å². The van der Waals surface area contributed by atoms with Gasteiger partial charge in [-0.15, -0.1) is 0 Å². The van der Waals surface area contributed by atoms with Gasteiger partial charge in [-0.1, -0.05) is 51.9 Å². The fraction of sp³-hybridized carbons (Fsp3) is 0.348. The number of nitrogens with one attached hydrogen (secondary N) is 1. The van der Waals surface area contributed by atoms with Crippen LogP contribution in [0.2, 0.25) is 0 Å². The minimum atomic E-state index is -0.800. The lowest BCUT2D eigenvalue weighted by atomic mass is 9.96. The quantitative estimate of drug-likeness (QED) is 0.441. The van der Waals surface area contributed by atoms with E-state index in [1.165, 1.54) is 6.07 Å². The first-order valence-corrected chi connectivity index (χ1v) is 10.3. The maximum atomic E-state index is 14.8. The van der Waals surface area contributed by atoms with Crippen molar-refractivity contribution < 1.29 is 18.4 Å². The lowest BCUT2D eigenvalue weighted by molar-refractivity contribution is 0.0413. The molecule has 0 spiro atoms. The van der Waals surface area contributed by atoms with Crippen LogP contribution in [0.1, 0.15) is 68.4 Å². The van der Waals surface area contributed by atoms with E-state index in [-0.39, 0.29) is 29.4 Å². The molecule has 0 atom stereocenters. The van der Waals surface area contributed by atoms with Crippen molar-refractivity contribution in [2.45, 2.75) is 52.6 Å². The van der Waals surface area contributed by atoms with Crippen LogP contribution in [0, 0.1) is 5.82 Å². The molecule has 3 heterocycles. The highest BCUT2D eigenvalue weighted by Crippen LogP contribution is 2.29. The summed E-state index contributed by atoms with van der Waals surface area (Å²) in [7, 11) is 0. The molecule has 3 aromatic heterocycles. The second kappa shape index (κ2) is 8.14. The average Bonchev–Trinajstić information content (AvgIpc) is 3.39. The number of hydrogen-bond donors (Lipinski definition) is 1. The third-order valence-electron chi connectivity index (χ3n) is 4.95. The Labute approximate surface area is 184 Å². The van der Waals surface area contributed by atoms with Gasteiger partial charge < -0.3 is 14.2 Å². The zero-order valence-electron chi connectivity index (χ0n) is 18.6. The maximum absolute atomic E-state index is 14.8. The van der Waals surface area contributed by atoms with Gasteiger partial charge in [0.15, 0.2) is 11.5 Å². The van der Waals surface area contributed by atoms with Crippen molar-refractivity contribution in [1.82, 2.24) is 25.1 Å². The molecule has 9 heteroatoms. The van der Waals surface area contributed by atoms with Crippen LogP contribution in [-0.4, -0.2) is 31.1 Å². The summed E-state index contributed by atoms with van der Waals surface area (Å²) in [4.78, 5) is 28.3. The van der Waals surface area contributed by atoms with E-state index < -0.39 is 11.8 Å². The van der Waals surface area contributed by atoms with Crippen LogP contribution in [0.15, 0.2) is 35.0 Å². The zero-order valence-corrected chi connectivity index (χ0v) is 18.6. The standard InChI is InChI=1S/C23H24FN5O3/c1-12(2)18-26-17-15(8-9-25-19(17)27-18)13-6-7-14(16(24)10-13)11-31-21(30)20-28-22(29-32-20)23(3,4)5/h6-10,12H,11H2,1-5H3,(H,25,26,27). The molecule has 0 aliphatic rings. The van der Waals surface area contributed by atoms with Crippen molar-refractivity contribution >= 4 is 17.1 Å². The zero-order chi connectivity index (χ0) is 23.0. The molecule has 0 aliphatic carbocycles. The number of pyridine rings is 1. The average molecular weight is 437 g/mol. The number of hydrogen-bond acceptors (Lipinski definition) is 7. The third kappa shape index (κ3) is 4.23. The van der Waals surface area contributed by atoms with Gasteiger partial charge in [-0.3, -0.25) is 0 Å². The van der Waals surface area contributed by atoms with Crippen LogP contribution in [0.3, 0.4) is 0 Å². The first-order valence-electron chi connectivity index (χ1n) is 10.3. The molecule has 166 valence electrons. The summed E-state index contributed by atoms with van der Waals surface area (Å²) in [5.74, 6) is -0.131.